The lowest BCUT2D eigenvalue weighted by molar-refractivity contribution is -0.235. The largest absolute Gasteiger partial charge is 0.462 e. The molecular weight excluding hydrogens is 408 g/mol. The van der Waals surface area contributed by atoms with Crippen molar-refractivity contribution in [3.63, 3.8) is 0 Å². The maximum atomic E-state index is 12.2. The van der Waals surface area contributed by atoms with Crippen LogP contribution in [-0.2, 0) is 28.6 Å². The molecule has 0 amide bonds. The minimum absolute atomic E-state index is 0.00474. The molecule has 0 N–H and O–H groups in total. The molecule has 6 nitrogen and oxygen atoms in total. The fourth-order valence-electron chi connectivity index (χ4n) is 7.16. The van der Waals surface area contributed by atoms with Gasteiger partial charge in [0.1, 0.15) is 17.3 Å². The van der Waals surface area contributed by atoms with E-state index in [0.717, 1.165) is 19.3 Å². The number of fused-ring (bicyclic) bond motifs is 1. The summed E-state index contributed by atoms with van der Waals surface area (Å²) in [5.74, 6) is -0.870. The van der Waals surface area contributed by atoms with Crippen molar-refractivity contribution in [1.82, 2.24) is 0 Å². The van der Waals surface area contributed by atoms with Crippen LogP contribution in [0.5, 0.6) is 0 Å². The van der Waals surface area contributed by atoms with Crippen LogP contribution in [0.25, 0.3) is 0 Å². The van der Waals surface area contributed by atoms with Gasteiger partial charge < -0.3 is 14.2 Å². The quantitative estimate of drug-likeness (QED) is 0.294. The van der Waals surface area contributed by atoms with E-state index < -0.39 is 11.2 Å². The Balaban J connectivity index is 2.53. The molecule has 0 aliphatic heterocycles. The molecule has 32 heavy (non-hydrogen) atoms. The Kier molecular flexibility index (Phi) is 7.58. The average molecular weight is 451 g/mol. The molecular formula is C26H42O6. The standard InChI is InChI=1S/C26H42O6/c1-10-24(7,31-18(3)28)15-12-21-25(8)14-11-13-23(5,6)22(25)20(30-17(2)27)16-26(21,9)32-19(4)29/h10,20-22H,1,11-16H2,2-9H3/t20-,21-,22-,24+,25-,26+/m0/s1. The monoisotopic (exact) mass is 450 g/mol. The lowest BCUT2D eigenvalue weighted by atomic mass is 9.44. The predicted molar refractivity (Wildman–Crippen MR) is 123 cm³/mol. The summed E-state index contributed by atoms with van der Waals surface area (Å²) in [6, 6.07) is 0. The van der Waals surface area contributed by atoms with Gasteiger partial charge in [-0.05, 0) is 56.4 Å². The zero-order valence-corrected chi connectivity index (χ0v) is 21.2. The summed E-state index contributed by atoms with van der Waals surface area (Å²) >= 11 is 0. The zero-order chi connectivity index (χ0) is 24.5. The van der Waals surface area contributed by atoms with Crippen molar-refractivity contribution >= 4 is 17.9 Å². The van der Waals surface area contributed by atoms with E-state index in [9.17, 15) is 14.4 Å². The second kappa shape index (κ2) is 9.18. The van der Waals surface area contributed by atoms with Crippen molar-refractivity contribution in [2.75, 3.05) is 0 Å². The van der Waals surface area contributed by atoms with Crippen molar-refractivity contribution in [2.45, 2.75) is 111 Å². The fraction of sp³-hybridized carbons (Fsp3) is 0.808. The molecule has 2 aliphatic carbocycles. The molecule has 6 heteroatoms. The Hall–Kier alpha value is -1.85. The second-order valence-corrected chi connectivity index (χ2v) is 11.3. The number of hydrogen-bond donors (Lipinski definition) is 0. The first-order valence-electron chi connectivity index (χ1n) is 11.8. The number of ether oxygens (including phenoxy) is 3. The molecule has 0 unspecified atom stereocenters. The van der Waals surface area contributed by atoms with E-state index in [2.05, 4.69) is 27.4 Å². The van der Waals surface area contributed by atoms with Gasteiger partial charge in [0.25, 0.3) is 0 Å². The molecule has 0 saturated heterocycles. The van der Waals surface area contributed by atoms with E-state index in [1.807, 2.05) is 13.8 Å². The molecule has 6 atom stereocenters. The Bertz CT molecular complexity index is 757. The molecule has 2 rings (SSSR count). The molecule has 0 spiro atoms. The molecule has 0 aromatic heterocycles. The van der Waals surface area contributed by atoms with Gasteiger partial charge >= 0.3 is 17.9 Å². The van der Waals surface area contributed by atoms with E-state index >= 15 is 0 Å². The van der Waals surface area contributed by atoms with Crippen LogP contribution < -0.4 is 0 Å². The first kappa shape index (κ1) is 26.4. The maximum absolute atomic E-state index is 12.2. The highest BCUT2D eigenvalue weighted by atomic mass is 16.6. The molecule has 2 fully saturated rings. The van der Waals surface area contributed by atoms with Crippen LogP contribution in [0.1, 0.15) is 93.9 Å². The van der Waals surface area contributed by atoms with Crippen molar-refractivity contribution in [1.29, 1.82) is 0 Å². The normalized spacial score (nSPS) is 35.6. The Morgan fingerprint density at radius 1 is 1.03 bits per heavy atom. The summed E-state index contributed by atoms with van der Waals surface area (Å²) in [4.78, 5) is 35.9. The SMILES string of the molecule is C=C[C@](C)(CC[C@H]1[C@]2(C)CCCC(C)(C)[C@@H]2[C@@H](OC(C)=O)C[C@@]1(C)OC(C)=O)OC(C)=O. The second-order valence-electron chi connectivity index (χ2n) is 11.3. The highest BCUT2D eigenvalue weighted by Crippen LogP contribution is 2.64. The highest BCUT2D eigenvalue weighted by molar-refractivity contribution is 5.67. The average Bonchev–Trinajstić information content (AvgIpc) is 2.57. The van der Waals surface area contributed by atoms with Crippen molar-refractivity contribution in [2.24, 2.45) is 22.7 Å². The minimum atomic E-state index is -0.803. The molecule has 2 saturated carbocycles. The molecule has 0 aromatic carbocycles. The smallest absolute Gasteiger partial charge is 0.303 e. The first-order chi connectivity index (χ1) is 14.6. The third kappa shape index (κ3) is 5.37. The van der Waals surface area contributed by atoms with Gasteiger partial charge in [-0.3, -0.25) is 14.4 Å². The third-order valence-corrected chi connectivity index (χ3v) is 8.03. The Morgan fingerprint density at radius 2 is 1.66 bits per heavy atom. The van der Waals surface area contributed by atoms with E-state index in [-0.39, 0.29) is 46.7 Å². The first-order valence-corrected chi connectivity index (χ1v) is 11.8. The molecule has 2 aliphatic rings. The van der Waals surface area contributed by atoms with Gasteiger partial charge in [0.15, 0.2) is 0 Å². The van der Waals surface area contributed by atoms with Crippen LogP contribution in [0.2, 0.25) is 0 Å². The van der Waals surface area contributed by atoms with Crippen LogP contribution in [0, 0.1) is 22.7 Å². The van der Waals surface area contributed by atoms with Crippen LogP contribution in [-0.4, -0.2) is 35.2 Å². The number of esters is 3. The number of rotatable bonds is 7. The topological polar surface area (TPSA) is 78.9 Å². The van der Waals surface area contributed by atoms with Gasteiger partial charge in [0.2, 0.25) is 0 Å². The lowest BCUT2D eigenvalue weighted by Crippen LogP contribution is -2.64. The van der Waals surface area contributed by atoms with E-state index in [1.165, 1.54) is 20.8 Å². The van der Waals surface area contributed by atoms with Gasteiger partial charge in [-0.1, -0.05) is 33.8 Å². The summed E-state index contributed by atoms with van der Waals surface area (Å²) in [6.07, 6.45) is 6.13. The van der Waals surface area contributed by atoms with Crippen LogP contribution in [0.4, 0.5) is 0 Å². The molecule has 182 valence electrons. The Morgan fingerprint density at radius 3 is 2.16 bits per heavy atom. The number of carbonyl (C=O) groups excluding carboxylic acids is 3. The molecule has 0 bridgehead atoms. The number of carbonyl (C=O) groups is 3. The minimum Gasteiger partial charge on any atom is -0.462 e. The molecule has 0 radical (unpaired) electrons. The van der Waals surface area contributed by atoms with Gasteiger partial charge in [0, 0.05) is 39.0 Å². The zero-order valence-electron chi connectivity index (χ0n) is 21.2. The molecule has 0 heterocycles. The van der Waals surface area contributed by atoms with Crippen molar-refractivity contribution in [3.05, 3.63) is 12.7 Å². The lowest BCUT2D eigenvalue weighted by Gasteiger charge is -2.63. The van der Waals surface area contributed by atoms with Gasteiger partial charge in [0.05, 0.1) is 0 Å². The summed E-state index contributed by atoms with van der Waals surface area (Å²) in [7, 11) is 0. The van der Waals surface area contributed by atoms with E-state index in [0.29, 0.717) is 19.3 Å². The van der Waals surface area contributed by atoms with Crippen LogP contribution >= 0.6 is 0 Å². The van der Waals surface area contributed by atoms with Crippen molar-refractivity contribution < 1.29 is 28.6 Å². The van der Waals surface area contributed by atoms with Crippen molar-refractivity contribution in [3.8, 4) is 0 Å². The predicted octanol–water partition coefficient (Wildman–Crippen LogP) is 5.38. The van der Waals surface area contributed by atoms with Gasteiger partial charge in [-0.15, -0.1) is 0 Å². The fourth-order valence-corrected chi connectivity index (χ4v) is 7.16. The van der Waals surface area contributed by atoms with E-state index in [4.69, 9.17) is 14.2 Å². The van der Waals surface area contributed by atoms with E-state index in [1.54, 1.807) is 6.08 Å². The highest BCUT2D eigenvalue weighted by Gasteiger charge is 2.64. The summed E-state index contributed by atoms with van der Waals surface area (Å²) in [5.41, 5.74) is -1.85. The van der Waals surface area contributed by atoms with Crippen LogP contribution in [0.15, 0.2) is 12.7 Å². The summed E-state index contributed by atoms with van der Waals surface area (Å²) < 4.78 is 17.5. The summed E-state index contributed by atoms with van der Waals surface area (Å²) in [6.45, 7) is 18.7. The van der Waals surface area contributed by atoms with Crippen LogP contribution in [0.3, 0.4) is 0 Å². The molecule has 0 aromatic rings. The maximum Gasteiger partial charge on any atom is 0.303 e. The van der Waals surface area contributed by atoms with Gasteiger partial charge in [-0.25, -0.2) is 0 Å². The number of hydrogen-bond acceptors (Lipinski definition) is 6. The third-order valence-electron chi connectivity index (χ3n) is 8.03. The van der Waals surface area contributed by atoms with Gasteiger partial charge in [-0.2, -0.15) is 0 Å². The summed E-state index contributed by atoms with van der Waals surface area (Å²) in [5, 5.41) is 0. The Labute approximate surface area is 193 Å².